The molecule has 0 saturated carbocycles. The molecule has 0 aliphatic carbocycles. The summed E-state index contributed by atoms with van der Waals surface area (Å²) in [6, 6.07) is 10.3. The monoisotopic (exact) mass is 400 g/mol. The molecule has 1 aromatic carbocycles. The number of rotatable bonds is 5. The molecule has 1 rings (SSSR count). The zero-order valence-electron chi connectivity index (χ0n) is 18.5. The van der Waals surface area contributed by atoms with Gasteiger partial charge in [-0.2, -0.15) is 0 Å². The van der Waals surface area contributed by atoms with Crippen LogP contribution in [-0.4, -0.2) is 33.3 Å². The average Bonchev–Trinajstić information content (AvgIpc) is 2.67. The first-order valence-corrected chi connectivity index (χ1v) is 11.2. The molecule has 0 unspecified atom stereocenters. The van der Waals surface area contributed by atoms with Crippen LogP contribution in [0.2, 0.25) is 0 Å². The van der Waals surface area contributed by atoms with E-state index in [2.05, 4.69) is 28.8 Å². The van der Waals surface area contributed by atoms with Crippen molar-refractivity contribution >= 4 is 22.1 Å². The van der Waals surface area contributed by atoms with Gasteiger partial charge in [-0.25, -0.2) is 8.42 Å². The molecular formula is C20H40N4O2S. The fraction of sp³-hybridized carbons (Fsp3) is 0.500. The van der Waals surface area contributed by atoms with E-state index < -0.39 is 10.0 Å². The highest BCUT2D eigenvalue weighted by Crippen LogP contribution is 1.92. The van der Waals surface area contributed by atoms with Crippen LogP contribution in [0.4, 0.5) is 0 Å². The van der Waals surface area contributed by atoms with Crippen molar-refractivity contribution in [1.29, 1.82) is 5.41 Å². The van der Waals surface area contributed by atoms with Crippen molar-refractivity contribution < 1.29 is 8.42 Å². The van der Waals surface area contributed by atoms with Gasteiger partial charge in [-0.15, -0.1) is 0 Å². The summed E-state index contributed by atoms with van der Waals surface area (Å²) >= 11 is 0. The summed E-state index contributed by atoms with van der Waals surface area (Å²) < 4.78 is 23.6. The van der Waals surface area contributed by atoms with Gasteiger partial charge >= 0.3 is 0 Å². The van der Waals surface area contributed by atoms with E-state index in [4.69, 9.17) is 11.1 Å². The Bertz CT molecular complexity index is 596. The SMILES string of the molecule is CC.CC.CC.CCN=C/C(=C/NS(C)(=O)=O)C(=N)N.Cc1ccccc1. The van der Waals surface area contributed by atoms with Crippen LogP contribution in [0, 0.1) is 12.3 Å². The number of aryl methyl sites for hydroxylation is 1. The Morgan fingerprint density at radius 2 is 1.56 bits per heavy atom. The number of nitrogens with one attached hydrogen (secondary N) is 2. The lowest BCUT2D eigenvalue weighted by atomic mass is 10.2. The number of hydrogen-bond donors (Lipinski definition) is 3. The zero-order chi connectivity index (χ0) is 22.3. The topological polar surface area (TPSA) is 108 Å². The van der Waals surface area contributed by atoms with Crippen LogP contribution in [0.1, 0.15) is 54.0 Å². The van der Waals surface area contributed by atoms with Crippen LogP contribution >= 0.6 is 0 Å². The summed E-state index contributed by atoms with van der Waals surface area (Å²) in [5, 5.41) is 7.12. The molecule has 0 fully saturated rings. The Kier molecular flexibility index (Phi) is 28.7. The number of aliphatic imine (C=N–C) groups is 1. The van der Waals surface area contributed by atoms with Gasteiger partial charge in [0.05, 0.1) is 11.8 Å². The highest BCUT2D eigenvalue weighted by atomic mass is 32.2. The smallest absolute Gasteiger partial charge is 0.229 e. The molecule has 0 atom stereocenters. The van der Waals surface area contributed by atoms with Crippen molar-refractivity contribution in [3.05, 3.63) is 47.7 Å². The third kappa shape index (κ3) is 28.9. The minimum atomic E-state index is -3.32. The van der Waals surface area contributed by atoms with Gasteiger partial charge in [0.1, 0.15) is 5.84 Å². The molecule has 27 heavy (non-hydrogen) atoms. The number of nitrogens with zero attached hydrogens (tertiary/aromatic N) is 1. The summed E-state index contributed by atoms with van der Waals surface area (Å²) in [6.07, 6.45) is 3.50. The molecule has 0 bridgehead atoms. The second kappa shape index (κ2) is 23.9. The Morgan fingerprint density at radius 3 is 1.81 bits per heavy atom. The van der Waals surface area contributed by atoms with E-state index in [-0.39, 0.29) is 11.4 Å². The lowest BCUT2D eigenvalue weighted by Crippen LogP contribution is -2.21. The highest BCUT2D eigenvalue weighted by molar-refractivity contribution is 7.88. The van der Waals surface area contributed by atoms with Gasteiger partial charge in [-0.3, -0.25) is 15.1 Å². The van der Waals surface area contributed by atoms with Crippen LogP contribution in [0.3, 0.4) is 0 Å². The molecule has 0 radical (unpaired) electrons. The second-order valence-electron chi connectivity index (χ2n) is 4.19. The van der Waals surface area contributed by atoms with Crippen molar-refractivity contribution in [2.24, 2.45) is 10.7 Å². The Hall–Kier alpha value is -2.15. The van der Waals surface area contributed by atoms with Crippen molar-refractivity contribution in [2.45, 2.75) is 55.4 Å². The Labute approximate surface area is 167 Å². The van der Waals surface area contributed by atoms with Crippen LogP contribution in [-0.2, 0) is 10.0 Å². The number of hydrogen-bond acceptors (Lipinski definition) is 4. The standard InChI is InChI=1S/C7H14N4O2S.C7H8.3C2H6/c1-3-10-4-6(7(8)9)5-11-14(2,12)13;1-7-5-3-2-4-6-7;3*1-2/h4-5,11H,3H2,1-2H3,(H3,8,9);2-6H,1H3;3*1-2H3/b6-5-,10-4?;;;;. The lowest BCUT2D eigenvalue weighted by Gasteiger charge is -2.00. The van der Waals surface area contributed by atoms with Gasteiger partial charge in [0.2, 0.25) is 10.0 Å². The number of benzene rings is 1. The molecule has 0 aliphatic heterocycles. The van der Waals surface area contributed by atoms with Gasteiger partial charge in [-0.1, -0.05) is 77.4 Å². The molecule has 158 valence electrons. The first kappa shape index (κ1) is 32.5. The van der Waals surface area contributed by atoms with E-state index in [0.717, 1.165) is 12.5 Å². The Morgan fingerprint density at radius 1 is 1.11 bits per heavy atom. The Balaban J connectivity index is -0.000000169. The van der Waals surface area contributed by atoms with E-state index in [1.807, 2.05) is 66.7 Å². The highest BCUT2D eigenvalue weighted by Gasteiger charge is 2.00. The molecule has 6 nitrogen and oxygen atoms in total. The second-order valence-corrected chi connectivity index (χ2v) is 5.97. The largest absolute Gasteiger partial charge is 0.384 e. The van der Waals surface area contributed by atoms with Gasteiger partial charge in [0.25, 0.3) is 0 Å². The first-order chi connectivity index (χ1) is 12.8. The summed E-state index contributed by atoms with van der Waals surface area (Å²) in [5.74, 6) is -0.238. The molecule has 0 aliphatic rings. The fourth-order valence-corrected chi connectivity index (χ4v) is 1.42. The summed E-state index contributed by atoms with van der Waals surface area (Å²) in [7, 11) is -3.32. The van der Waals surface area contributed by atoms with E-state index in [9.17, 15) is 8.42 Å². The number of amidine groups is 1. The molecule has 7 heteroatoms. The summed E-state index contributed by atoms with van der Waals surface area (Å²) in [6.45, 7) is 16.4. The van der Waals surface area contributed by atoms with Gasteiger partial charge < -0.3 is 5.73 Å². The van der Waals surface area contributed by atoms with Gasteiger partial charge in [0, 0.05) is 19.0 Å². The minimum Gasteiger partial charge on any atom is -0.384 e. The van der Waals surface area contributed by atoms with Crippen LogP contribution in [0.5, 0.6) is 0 Å². The molecule has 0 spiro atoms. The third-order valence-corrected chi connectivity index (χ3v) is 2.64. The molecular weight excluding hydrogens is 360 g/mol. The van der Waals surface area contributed by atoms with Crippen molar-refractivity contribution in [3.63, 3.8) is 0 Å². The summed E-state index contributed by atoms with van der Waals surface area (Å²) in [4.78, 5) is 3.85. The van der Waals surface area contributed by atoms with Crippen molar-refractivity contribution in [1.82, 2.24) is 4.72 Å². The zero-order valence-corrected chi connectivity index (χ0v) is 19.3. The van der Waals surface area contributed by atoms with Crippen LogP contribution in [0.15, 0.2) is 47.1 Å². The van der Waals surface area contributed by atoms with E-state index in [0.29, 0.717) is 6.54 Å². The maximum atomic E-state index is 10.7. The van der Waals surface area contributed by atoms with Gasteiger partial charge in [-0.05, 0) is 13.8 Å². The maximum absolute atomic E-state index is 10.7. The lowest BCUT2D eigenvalue weighted by molar-refractivity contribution is 0.596. The predicted molar refractivity (Wildman–Crippen MR) is 122 cm³/mol. The predicted octanol–water partition coefficient (Wildman–Crippen LogP) is 4.52. The quantitative estimate of drug-likeness (QED) is 0.499. The molecule has 0 saturated heterocycles. The molecule has 0 heterocycles. The first-order valence-electron chi connectivity index (χ1n) is 9.29. The molecule has 0 amide bonds. The van der Waals surface area contributed by atoms with E-state index >= 15 is 0 Å². The molecule has 0 aromatic heterocycles. The van der Waals surface area contributed by atoms with E-state index in [1.54, 1.807) is 0 Å². The maximum Gasteiger partial charge on any atom is 0.229 e. The van der Waals surface area contributed by atoms with Crippen molar-refractivity contribution in [2.75, 3.05) is 12.8 Å². The van der Waals surface area contributed by atoms with Crippen LogP contribution < -0.4 is 10.5 Å². The van der Waals surface area contributed by atoms with Crippen LogP contribution in [0.25, 0.3) is 0 Å². The summed E-state index contributed by atoms with van der Waals surface area (Å²) in [5.41, 5.74) is 6.75. The molecule has 1 aromatic rings. The van der Waals surface area contributed by atoms with Gasteiger partial charge in [0.15, 0.2) is 0 Å². The van der Waals surface area contributed by atoms with E-state index in [1.165, 1.54) is 11.8 Å². The van der Waals surface area contributed by atoms with Crippen molar-refractivity contribution in [3.8, 4) is 0 Å². The normalized spacial score (nSPS) is 9.74. The third-order valence-electron chi connectivity index (χ3n) is 2.09. The average molecular weight is 401 g/mol. The number of sulfonamides is 1. The fourth-order valence-electron chi connectivity index (χ4n) is 1.08. The minimum absolute atomic E-state index is 0.234. The number of nitrogens with two attached hydrogens (primary N) is 1. The molecule has 4 N–H and O–H groups in total.